The van der Waals surface area contributed by atoms with Gasteiger partial charge in [0.25, 0.3) is 0 Å². The zero-order valence-electron chi connectivity index (χ0n) is 16.0. The van der Waals surface area contributed by atoms with E-state index in [4.69, 9.17) is 0 Å². The van der Waals surface area contributed by atoms with Crippen molar-refractivity contribution < 1.29 is 13.2 Å². The van der Waals surface area contributed by atoms with E-state index in [-0.39, 0.29) is 22.8 Å². The number of nitrogens with zero attached hydrogens (tertiary/aromatic N) is 3. The van der Waals surface area contributed by atoms with Crippen molar-refractivity contribution in [2.24, 2.45) is 11.8 Å². The number of rotatable bonds is 4. The number of hydrogen-bond acceptors (Lipinski definition) is 6. The summed E-state index contributed by atoms with van der Waals surface area (Å²) in [5, 5.41) is 3.22. The van der Waals surface area contributed by atoms with Crippen LogP contribution in [0.2, 0.25) is 0 Å². The fraction of sp³-hybridized carbons (Fsp3) is 0.632. The maximum atomic E-state index is 13.1. The van der Waals surface area contributed by atoms with Crippen molar-refractivity contribution in [3.8, 4) is 0 Å². The molecule has 2 aliphatic rings. The van der Waals surface area contributed by atoms with Crippen molar-refractivity contribution in [2.75, 3.05) is 13.1 Å². The summed E-state index contributed by atoms with van der Waals surface area (Å²) in [6, 6.07) is 5.31. The van der Waals surface area contributed by atoms with E-state index < -0.39 is 10.0 Å². The first kappa shape index (κ1) is 19.7. The van der Waals surface area contributed by atoms with Crippen molar-refractivity contribution >= 4 is 38.7 Å². The van der Waals surface area contributed by atoms with Gasteiger partial charge in [0, 0.05) is 25.0 Å². The van der Waals surface area contributed by atoms with Gasteiger partial charge in [0.1, 0.15) is 15.9 Å². The molecule has 1 N–H and O–H groups in total. The molecule has 0 spiro atoms. The summed E-state index contributed by atoms with van der Waals surface area (Å²) in [6.45, 7) is 2.91. The standard InChI is InChI=1S/C19H26N4O3S2/c1-13-5-2-3-6-15(13)20-19(24)14-9-11-23(12-10-14)28(25,26)17-8-4-7-16-18(17)22-27-21-16/h4,7-8,13-15H,2-3,5-6,9-12H2,1H3,(H,20,24)/t13-,15-/m0/s1. The number of benzene rings is 1. The predicted octanol–water partition coefficient (Wildman–Crippen LogP) is 2.79. The molecule has 1 aliphatic carbocycles. The second-order valence-corrected chi connectivity index (χ2v) is 10.4. The van der Waals surface area contributed by atoms with Crippen LogP contribution in [0.5, 0.6) is 0 Å². The number of sulfonamides is 1. The third kappa shape index (κ3) is 3.79. The lowest BCUT2D eigenvalue weighted by Gasteiger charge is -2.34. The number of carbonyl (C=O) groups excluding carboxylic acids is 1. The fourth-order valence-corrected chi connectivity index (χ4v) is 6.54. The van der Waals surface area contributed by atoms with Crippen LogP contribution in [0.4, 0.5) is 0 Å². The molecule has 0 radical (unpaired) electrons. The Morgan fingerprint density at radius 3 is 2.64 bits per heavy atom. The minimum atomic E-state index is -3.64. The van der Waals surface area contributed by atoms with E-state index in [1.165, 1.54) is 23.6 Å². The van der Waals surface area contributed by atoms with Crippen molar-refractivity contribution in [1.29, 1.82) is 0 Å². The lowest BCUT2D eigenvalue weighted by Crippen LogP contribution is -2.47. The summed E-state index contributed by atoms with van der Waals surface area (Å²) in [4.78, 5) is 12.9. The molecule has 1 saturated carbocycles. The van der Waals surface area contributed by atoms with Crippen molar-refractivity contribution in [3.63, 3.8) is 0 Å². The molecule has 28 heavy (non-hydrogen) atoms. The number of piperidine rings is 1. The molecular formula is C19H26N4O3S2. The highest BCUT2D eigenvalue weighted by Gasteiger charge is 2.34. The topological polar surface area (TPSA) is 92.3 Å². The maximum Gasteiger partial charge on any atom is 0.245 e. The Morgan fingerprint density at radius 1 is 1.14 bits per heavy atom. The maximum absolute atomic E-state index is 13.1. The molecule has 152 valence electrons. The third-order valence-electron chi connectivity index (χ3n) is 6.13. The van der Waals surface area contributed by atoms with Gasteiger partial charge in [-0.3, -0.25) is 4.79 Å². The highest BCUT2D eigenvalue weighted by atomic mass is 32.2. The average molecular weight is 423 g/mol. The summed E-state index contributed by atoms with van der Waals surface area (Å²) in [5.74, 6) is 0.490. The smallest absolute Gasteiger partial charge is 0.245 e. The molecule has 1 aliphatic heterocycles. The van der Waals surface area contributed by atoms with Crippen LogP contribution in [0.3, 0.4) is 0 Å². The second-order valence-electron chi connectivity index (χ2n) is 7.94. The van der Waals surface area contributed by atoms with Crippen molar-refractivity contribution in [2.45, 2.75) is 56.4 Å². The van der Waals surface area contributed by atoms with Gasteiger partial charge in [0.2, 0.25) is 15.9 Å². The normalized spacial score (nSPS) is 25.0. The average Bonchev–Trinajstić information content (AvgIpc) is 3.18. The second kappa shape index (κ2) is 8.04. The Bertz CT molecular complexity index is 951. The Morgan fingerprint density at radius 2 is 1.89 bits per heavy atom. The van der Waals surface area contributed by atoms with Crippen LogP contribution in [-0.4, -0.2) is 46.5 Å². The molecule has 7 nitrogen and oxygen atoms in total. The van der Waals surface area contributed by atoms with E-state index in [0.717, 1.165) is 18.1 Å². The number of carbonyl (C=O) groups is 1. The van der Waals surface area contributed by atoms with Crippen LogP contribution in [0.15, 0.2) is 23.1 Å². The highest BCUT2D eigenvalue weighted by molar-refractivity contribution is 7.89. The van der Waals surface area contributed by atoms with Gasteiger partial charge in [0.05, 0.1) is 11.7 Å². The molecule has 1 saturated heterocycles. The van der Waals surface area contributed by atoms with Gasteiger partial charge in [-0.15, -0.1) is 0 Å². The third-order valence-corrected chi connectivity index (χ3v) is 8.60. The first-order valence-corrected chi connectivity index (χ1v) is 12.2. The van der Waals surface area contributed by atoms with Crippen LogP contribution in [0.1, 0.15) is 45.4 Å². The van der Waals surface area contributed by atoms with Gasteiger partial charge in [0.15, 0.2) is 0 Å². The van der Waals surface area contributed by atoms with Gasteiger partial charge in [-0.05, 0) is 43.7 Å². The number of hydrogen-bond donors (Lipinski definition) is 1. The van der Waals surface area contributed by atoms with Crippen LogP contribution >= 0.6 is 11.7 Å². The predicted molar refractivity (Wildman–Crippen MR) is 108 cm³/mol. The van der Waals surface area contributed by atoms with Gasteiger partial charge < -0.3 is 5.32 Å². The van der Waals surface area contributed by atoms with Crippen molar-refractivity contribution in [3.05, 3.63) is 18.2 Å². The summed E-state index contributed by atoms with van der Waals surface area (Å²) >= 11 is 1.01. The SMILES string of the molecule is C[C@H]1CCCC[C@@H]1NC(=O)C1CCN(S(=O)(=O)c2cccc3nsnc23)CC1. The van der Waals surface area contributed by atoms with Gasteiger partial charge >= 0.3 is 0 Å². The Labute approximate surface area is 169 Å². The molecule has 2 aromatic rings. The first-order chi connectivity index (χ1) is 13.5. The number of aromatic nitrogens is 2. The molecule has 9 heteroatoms. The van der Waals surface area contributed by atoms with Crippen LogP contribution in [-0.2, 0) is 14.8 Å². The van der Waals surface area contributed by atoms with E-state index >= 15 is 0 Å². The molecule has 1 aromatic carbocycles. The molecule has 0 unspecified atom stereocenters. The van der Waals surface area contributed by atoms with E-state index in [2.05, 4.69) is 21.0 Å². The number of nitrogens with one attached hydrogen (secondary N) is 1. The molecule has 2 atom stereocenters. The van der Waals surface area contributed by atoms with E-state index in [9.17, 15) is 13.2 Å². The monoisotopic (exact) mass is 422 g/mol. The van der Waals surface area contributed by atoms with Gasteiger partial charge in [-0.1, -0.05) is 25.8 Å². The molecule has 1 aromatic heterocycles. The Kier molecular flexibility index (Phi) is 5.66. The summed E-state index contributed by atoms with van der Waals surface area (Å²) in [7, 11) is -3.64. The molecule has 2 heterocycles. The van der Waals surface area contributed by atoms with Crippen LogP contribution < -0.4 is 5.32 Å². The molecule has 1 amide bonds. The first-order valence-electron chi connectivity index (χ1n) is 9.98. The van der Waals surface area contributed by atoms with E-state index in [1.807, 2.05) is 0 Å². The summed E-state index contributed by atoms with van der Waals surface area (Å²) < 4.78 is 36.0. The van der Waals surface area contributed by atoms with E-state index in [1.54, 1.807) is 18.2 Å². The molecule has 2 fully saturated rings. The molecular weight excluding hydrogens is 396 g/mol. The highest BCUT2D eigenvalue weighted by Crippen LogP contribution is 2.29. The van der Waals surface area contributed by atoms with E-state index in [0.29, 0.717) is 42.9 Å². The number of fused-ring (bicyclic) bond motifs is 1. The van der Waals surface area contributed by atoms with Crippen LogP contribution in [0, 0.1) is 11.8 Å². The lowest BCUT2D eigenvalue weighted by atomic mass is 9.85. The molecule has 0 bridgehead atoms. The zero-order chi connectivity index (χ0) is 19.7. The summed E-state index contributed by atoms with van der Waals surface area (Å²) in [6.07, 6.45) is 5.73. The van der Waals surface area contributed by atoms with Crippen molar-refractivity contribution in [1.82, 2.24) is 18.4 Å². The Hall–Kier alpha value is -1.58. The summed E-state index contributed by atoms with van der Waals surface area (Å²) in [5.41, 5.74) is 1.03. The van der Waals surface area contributed by atoms with Gasteiger partial charge in [-0.25, -0.2) is 8.42 Å². The minimum absolute atomic E-state index is 0.0848. The molecule has 4 rings (SSSR count). The van der Waals surface area contributed by atoms with Gasteiger partial charge in [-0.2, -0.15) is 13.1 Å². The largest absolute Gasteiger partial charge is 0.353 e. The fourth-order valence-electron chi connectivity index (χ4n) is 4.32. The zero-order valence-corrected chi connectivity index (χ0v) is 17.6. The quantitative estimate of drug-likeness (QED) is 0.818. The number of amides is 1. The minimum Gasteiger partial charge on any atom is -0.353 e. The Balaban J connectivity index is 1.41. The lowest BCUT2D eigenvalue weighted by molar-refractivity contribution is -0.127. The van der Waals surface area contributed by atoms with Crippen LogP contribution in [0.25, 0.3) is 11.0 Å².